The third kappa shape index (κ3) is 5.05. The number of nitro groups is 1. The Morgan fingerprint density at radius 1 is 1.31 bits per heavy atom. The summed E-state index contributed by atoms with van der Waals surface area (Å²) in [6.07, 6.45) is 6.63. The van der Waals surface area contributed by atoms with Crippen LogP contribution >= 0.6 is 0 Å². The highest BCUT2D eigenvalue weighted by Crippen LogP contribution is 2.25. The van der Waals surface area contributed by atoms with Crippen LogP contribution in [0.15, 0.2) is 27.4 Å². The van der Waals surface area contributed by atoms with Crippen molar-refractivity contribution in [3.63, 3.8) is 0 Å². The molecule has 3 rings (SSSR count). The van der Waals surface area contributed by atoms with Crippen LogP contribution in [0.3, 0.4) is 0 Å². The molecule has 0 atom stereocenters. The van der Waals surface area contributed by atoms with E-state index >= 15 is 0 Å². The number of nitro benzene ring substituents is 1. The van der Waals surface area contributed by atoms with Crippen molar-refractivity contribution < 1.29 is 14.1 Å². The molecule has 1 fully saturated rings. The van der Waals surface area contributed by atoms with Gasteiger partial charge in [0.15, 0.2) is 5.58 Å². The first-order valence-electron chi connectivity index (χ1n) is 10.4. The second-order valence-electron chi connectivity index (χ2n) is 8.26. The molecule has 1 aromatic heterocycles. The molecule has 0 N–H and O–H groups in total. The highest BCUT2D eigenvalue weighted by atomic mass is 16.6. The van der Waals surface area contributed by atoms with E-state index < -0.39 is 10.7 Å². The highest BCUT2D eigenvalue weighted by molar-refractivity contribution is 5.77. The van der Waals surface area contributed by atoms with E-state index in [1.165, 1.54) is 42.0 Å². The van der Waals surface area contributed by atoms with Crippen molar-refractivity contribution in [3.8, 4) is 0 Å². The summed E-state index contributed by atoms with van der Waals surface area (Å²) in [6, 6.07) is 4.46. The van der Waals surface area contributed by atoms with E-state index in [4.69, 9.17) is 4.42 Å². The van der Waals surface area contributed by atoms with E-state index in [2.05, 4.69) is 13.8 Å². The van der Waals surface area contributed by atoms with Crippen LogP contribution in [0.5, 0.6) is 0 Å². The standard InChI is InChI=1S/C21H29N3O5/c1-15(2)14-23(16-7-4-3-5-8-16)20(25)9-6-12-22-18-11-10-17(24(27)28)13-19(18)29-21(22)26/h10-11,13,15-16H,3-9,12,14H2,1-2H3. The van der Waals surface area contributed by atoms with Crippen LogP contribution in [0.1, 0.15) is 58.8 Å². The van der Waals surface area contributed by atoms with Crippen molar-refractivity contribution in [2.24, 2.45) is 5.92 Å². The van der Waals surface area contributed by atoms with Gasteiger partial charge in [-0.1, -0.05) is 33.1 Å². The smallest absolute Gasteiger partial charge is 0.407 e. The van der Waals surface area contributed by atoms with Gasteiger partial charge in [-0.25, -0.2) is 4.79 Å². The Balaban J connectivity index is 1.66. The van der Waals surface area contributed by atoms with Crippen LogP contribution in [0.2, 0.25) is 0 Å². The normalized spacial score (nSPS) is 15.1. The second-order valence-corrected chi connectivity index (χ2v) is 8.26. The number of carbonyl (C=O) groups is 1. The Bertz CT molecular complexity index is 924. The minimum absolute atomic E-state index is 0.120. The topological polar surface area (TPSA) is 98.6 Å². The molecule has 0 radical (unpaired) electrons. The predicted octanol–water partition coefficient (Wildman–Crippen LogP) is 4.10. The molecule has 158 valence electrons. The molecular formula is C21H29N3O5. The third-order valence-electron chi connectivity index (χ3n) is 5.53. The van der Waals surface area contributed by atoms with Gasteiger partial charge in [0.25, 0.3) is 5.69 Å². The molecule has 8 nitrogen and oxygen atoms in total. The molecule has 1 saturated carbocycles. The molecule has 1 aromatic carbocycles. The lowest BCUT2D eigenvalue weighted by molar-refractivity contribution is -0.384. The largest absolute Gasteiger partial charge is 0.419 e. The summed E-state index contributed by atoms with van der Waals surface area (Å²) in [5.74, 6) is -0.00143. The van der Waals surface area contributed by atoms with Gasteiger partial charge >= 0.3 is 5.76 Å². The van der Waals surface area contributed by atoms with Gasteiger partial charge in [-0.3, -0.25) is 19.5 Å². The van der Waals surface area contributed by atoms with Crippen molar-refractivity contribution in [2.45, 2.75) is 71.4 Å². The van der Waals surface area contributed by atoms with Crippen LogP contribution < -0.4 is 5.76 Å². The highest BCUT2D eigenvalue weighted by Gasteiger charge is 2.25. The number of rotatable bonds is 8. The van der Waals surface area contributed by atoms with Crippen molar-refractivity contribution in [3.05, 3.63) is 38.9 Å². The Morgan fingerprint density at radius 2 is 2.03 bits per heavy atom. The van der Waals surface area contributed by atoms with Gasteiger partial charge in [-0.15, -0.1) is 0 Å². The number of aryl methyl sites for hydroxylation is 1. The SMILES string of the molecule is CC(C)CN(C(=O)CCCn1c(=O)oc2cc([N+](=O)[O-])ccc21)C1CCCCC1. The molecule has 0 saturated heterocycles. The van der Waals surface area contributed by atoms with Crippen molar-refractivity contribution >= 4 is 22.7 Å². The van der Waals surface area contributed by atoms with Crippen LogP contribution in [0.4, 0.5) is 5.69 Å². The van der Waals surface area contributed by atoms with Crippen LogP contribution in [-0.4, -0.2) is 32.9 Å². The van der Waals surface area contributed by atoms with E-state index in [1.54, 1.807) is 0 Å². The Hall–Kier alpha value is -2.64. The summed E-state index contributed by atoms with van der Waals surface area (Å²) < 4.78 is 6.59. The number of fused-ring (bicyclic) bond motifs is 1. The fourth-order valence-corrected chi connectivity index (χ4v) is 4.15. The fourth-order valence-electron chi connectivity index (χ4n) is 4.15. The zero-order valence-corrected chi connectivity index (χ0v) is 17.1. The van der Waals surface area contributed by atoms with Gasteiger partial charge in [0, 0.05) is 31.6 Å². The second kappa shape index (κ2) is 9.24. The predicted molar refractivity (Wildman–Crippen MR) is 110 cm³/mol. The van der Waals surface area contributed by atoms with Gasteiger partial charge in [-0.2, -0.15) is 0 Å². The molecule has 1 amide bonds. The molecule has 1 heterocycles. The summed E-state index contributed by atoms with van der Waals surface area (Å²) in [7, 11) is 0. The van der Waals surface area contributed by atoms with Gasteiger partial charge in [0.2, 0.25) is 5.91 Å². The number of non-ortho nitro benzene ring substituents is 1. The number of oxazole rings is 1. The van der Waals surface area contributed by atoms with Crippen molar-refractivity contribution in [2.75, 3.05) is 6.54 Å². The van der Waals surface area contributed by atoms with E-state index in [0.29, 0.717) is 36.9 Å². The minimum atomic E-state index is -0.556. The molecule has 0 unspecified atom stereocenters. The van der Waals surface area contributed by atoms with E-state index in [-0.39, 0.29) is 17.2 Å². The van der Waals surface area contributed by atoms with E-state index in [1.807, 2.05) is 4.90 Å². The average Bonchev–Trinajstić information content (AvgIpc) is 3.01. The Kier molecular flexibility index (Phi) is 6.71. The fraction of sp³-hybridized carbons (Fsp3) is 0.619. The van der Waals surface area contributed by atoms with Gasteiger partial charge < -0.3 is 9.32 Å². The lowest BCUT2D eigenvalue weighted by Crippen LogP contribution is -2.43. The maximum Gasteiger partial charge on any atom is 0.419 e. The lowest BCUT2D eigenvalue weighted by atomic mass is 9.93. The summed E-state index contributed by atoms with van der Waals surface area (Å²) in [5.41, 5.74) is 0.587. The average molecular weight is 403 g/mol. The quantitative estimate of drug-likeness (QED) is 0.488. The number of nitrogens with zero attached hydrogens (tertiary/aromatic N) is 3. The summed E-state index contributed by atoms with van der Waals surface area (Å²) in [5, 5.41) is 10.9. The van der Waals surface area contributed by atoms with Crippen LogP contribution in [0, 0.1) is 16.0 Å². The monoisotopic (exact) mass is 403 g/mol. The molecular weight excluding hydrogens is 374 g/mol. The number of hydrogen-bond acceptors (Lipinski definition) is 5. The van der Waals surface area contributed by atoms with E-state index in [0.717, 1.165) is 19.4 Å². The molecule has 1 aliphatic carbocycles. The summed E-state index contributed by atoms with van der Waals surface area (Å²) in [4.78, 5) is 37.5. The number of carbonyl (C=O) groups excluding carboxylic acids is 1. The summed E-state index contributed by atoms with van der Waals surface area (Å²) in [6.45, 7) is 5.36. The van der Waals surface area contributed by atoms with Crippen molar-refractivity contribution in [1.82, 2.24) is 9.47 Å². The van der Waals surface area contributed by atoms with Gasteiger partial charge in [0.1, 0.15) is 0 Å². The summed E-state index contributed by atoms with van der Waals surface area (Å²) >= 11 is 0. The molecule has 29 heavy (non-hydrogen) atoms. The first-order valence-corrected chi connectivity index (χ1v) is 10.4. The maximum absolute atomic E-state index is 12.9. The van der Waals surface area contributed by atoms with E-state index in [9.17, 15) is 19.7 Å². The Morgan fingerprint density at radius 3 is 2.69 bits per heavy atom. The Labute approximate surface area is 169 Å². The van der Waals surface area contributed by atoms with Crippen LogP contribution in [0.25, 0.3) is 11.1 Å². The molecule has 1 aliphatic rings. The number of benzene rings is 1. The zero-order chi connectivity index (χ0) is 21.0. The molecule has 0 aliphatic heterocycles. The zero-order valence-electron chi connectivity index (χ0n) is 17.1. The molecule has 2 aromatic rings. The third-order valence-corrected chi connectivity index (χ3v) is 5.53. The molecule has 0 bridgehead atoms. The van der Waals surface area contributed by atoms with Gasteiger partial charge in [-0.05, 0) is 31.2 Å². The van der Waals surface area contributed by atoms with Crippen LogP contribution in [-0.2, 0) is 11.3 Å². The minimum Gasteiger partial charge on any atom is -0.407 e. The first kappa shape index (κ1) is 21.1. The number of aromatic nitrogens is 1. The van der Waals surface area contributed by atoms with Crippen molar-refractivity contribution in [1.29, 1.82) is 0 Å². The molecule has 0 spiro atoms. The number of hydrogen-bond donors (Lipinski definition) is 0. The lowest BCUT2D eigenvalue weighted by Gasteiger charge is -2.35. The van der Waals surface area contributed by atoms with Gasteiger partial charge in [0.05, 0.1) is 16.5 Å². The number of amides is 1. The maximum atomic E-state index is 12.9. The first-order chi connectivity index (χ1) is 13.9. The molecule has 8 heteroatoms.